The first kappa shape index (κ1) is 14.7. The Morgan fingerprint density at radius 3 is 2.70 bits per heavy atom. The van der Waals surface area contributed by atoms with Crippen molar-refractivity contribution in [1.29, 1.82) is 0 Å². The maximum absolute atomic E-state index is 10.8. The second-order valence-corrected chi connectivity index (χ2v) is 5.30. The lowest BCUT2D eigenvalue weighted by Crippen LogP contribution is -1.96. The summed E-state index contributed by atoms with van der Waals surface area (Å²) in [5.74, 6) is -0.992. The van der Waals surface area contributed by atoms with Crippen molar-refractivity contribution >= 4 is 17.3 Å². The van der Waals surface area contributed by atoms with Gasteiger partial charge >= 0.3 is 5.97 Å². The molecule has 5 heteroatoms. The van der Waals surface area contributed by atoms with E-state index in [2.05, 4.69) is 11.9 Å². The average Bonchev–Trinajstić information content (AvgIpc) is 2.94. The van der Waals surface area contributed by atoms with Crippen molar-refractivity contribution in [1.82, 2.24) is 4.98 Å². The SMILES string of the molecule is CCCCOCc1ccc(-c2nc(C(=O)O)cs2)cc1. The Kier molecular flexibility index (Phi) is 5.26. The van der Waals surface area contributed by atoms with Gasteiger partial charge in [-0.25, -0.2) is 9.78 Å². The number of nitrogens with zero attached hydrogens (tertiary/aromatic N) is 1. The summed E-state index contributed by atoms with van der Waals surface area (Å²) in [4.78, 5) is 14.9. The van der Waals surface area contributed by atoms with E-state index in [1.807, 2.05) is 24.3 Å². The fraction of sp³-hybridized carbons (Fsp3) is 0.333. The minimum absolute atomic E-state index is 0.0944. The number of ether oxygens (including phenoxy) is 1. The van der Waals surface area contributed by atoms with Crippen LogP contribution in [0.5, 0.6) is 0 Å². The average molecular weight is 291 g/mol. The maximum Gasteiger partial charge on any atom is 0.355 e. The molecule has 1 aromatic carbocycles. The lowest BCUT2D eigenvalue weighted by atomic mass is 10.1. The number of hydrogen-bond acceptors (Lipinski definition) is 4. The molecule has 2 aromatic rings. The highest BCUT2D eigenvalue weighted by Gasteiger charge is 2.09. The lowest BCUT2D eigenvalue weighted by Gasteiger charge is -2.04. The van der Waals surface area contributed by atoms with Gasteiger partial charge in [-0.05, 0) is 12.0 Å². The molecular weight excluding hydrogens is 274 g/mol. The third-order valence-corrected chi connectivity index (χ3v) is 3.73. The molecule has 1 heterocycles. The monoisotopic (exact) mass is 291 g/mol. The van der Waals surface area contributed by atoms with Crippen LogP contribution in [0.1, 0.15) is 35.8 Å². The number of hydrogen-bond donors (Lipinski definition) is 1. The van der Waals surface area contributed by atoms with Crippen LogP contribution in [0.4, 0.5) is 0 Å². The van der Waals surface area contributed by atoms with E-state index >= 15 is 0 Å². The summed E-state index contributed by atoms with van der Waals surface area (Å²) in [6, 6.07) is 7.87. The van der Waals surface area contributed by atoms with Crippen molar-refractivity contribution < 1.29 is 14.6 Å². The zero-order valence-electron chi connectivity index (χ0n) is 11.3. The predicted octanol–water partition coefficient (Wildman–Crippen LogP) is 3.83. The molecule has 0 fully saturated rings. The number of rotatable bonds is 7. The number of unbranched alkanes of at least 4 members (excludes halogenated alkanes) is 1. The van der Waals surface area contributed by atoms with Gasteiger partial charge in [0.2, 0.25) is 0 Å². The van der Waals surface area contributed by atoms with Gasteiger partial charge in [0.1, 0.15) is 5.01 Å². The topological polar surface area (TPSA) is 59.4 Å². The van der Waals surface area contributed by atoms with Crippen LogP contribution in [0.2, 0.25) is 0 Å². The van der Waals surface area contributed by atoms with Crippen LogP contribution in [-0.2, 0) is 11.3 Å². The van der Waals surface area contributed by atoms with E-state index < -0.39 is 5.97 Å². The zero-order valence-corrected chi connectivity index (χ0v) is 12.2. The number of aromatic carboxylic acids is 1. The summed E-state index contributed by atoms with van der Waals surface area (Å²) in [6.07, 6.45) is 2.21. The molecule has 20 heavy (non-hydrogen) atoms. The summed E-state index contributed by atoms with van der Waals surface area (Å²) < 4.78 is 5.55. The summed E-state index contributed by atoms with van der Waals surface area (Å²) in [7, 11) is 0. The second-order valence-electron chi connectivity index (χ2n) is 4.45. The van der Waals surface area contributed by atoms with Crippen molar-refractivity contribution in [2.45, 2.75) is 26.4 Å². The number of thiazole rings is 1. The lowest BCUT2D eigenvalue weighted by molar-refractivity contribution is 0.0691. The van der Waals surface area contributed by atoms with Crippen molar-refractivity contribution in [3.05, 3.63) is 40.9 Å². The molecule has 1 aromatic heterocycles. The van der Waals surface area contributed by atoms with Crippen LogP contribution < -0.4 is 0 Å². The molecule has 0 aliphatic heterocycles. The van der Waals surface area contributed by atoms with Gasteiger partial charge in [0.05, 0.1) is 6.61 Å². The minimum atomic E-state index is -0.992. The first-order valence-electron chi connectivity index (χ1n) is 6.56. The molecule has 0 bridgehead atoms. The van der Waals surface area contributed by atoms with Crippen LogP contribution >= 0.6 is 11.3 Å². The number of carbonyl (C=O) groups is 1. The number of carboxylic acid groups (broad SMARTS) is 1. The van der Waals surface area contributed by atoms with E-state index in [1.165, 1.54) is 11.3 Å². The third kappa shape index (κ3) is 3.88. The highest BCUT2D eigenvalue weighted by Crippen LogP contribution is 2.24. The number of benzene rings is 1. The van der Waals surface area contributed by atoms with Crippen LogP contribution in [-0.4, -0.2) is 22.7 Å². The van der Waals surface area contributed by atoms with Gasteiger partial charge in [0.25, 0.3) is 0 Å². The quantitative estimate of drug-likeness (QED) is 0.788. The third-order valence-electron chi connectivity index (χ3n) is 2.84. The second kappa shape index (κ2) is 7.17. The summed E-state index contributed by atoms with van der Waals surface area (Å²) in [5, 5.41) is 11.1. The molecule has 0 amide bonds. The van der Waals surface area contributed by atoms with Crippen molar-refractivity contribution in [2.24, 2.45) is 0 Å². The molecule has 0 aliphatic carbocycles. The number of aromatic nitrogens is 1. The first-order valence-corrected chi connectivity index (χ1v) is 7.44. The summed E-state index contributed by atoms with van der Waals surface area (Å²) in [6.45, 7) is 3.53. The first-order chi connectivity index (χ1) is 9.70. The van der Waals surface area contributed by atoms with Gasteiger partial charge in [0, 0.05) is 17.6 Å². The maximum atomic E-state index is 10.8. The van der Waals surface area contributed by atoms with Gasteiger partial charge in [-0.2, -0.15) is 0 Å². The highest BCUT2D eigenvalue weighted by molar-refractivity contribution is 7.13. The van der Waals surface area contributed by atoms with E-state index in [1.54, 1.807) is 5.38 Å². The zero-order chi connectivity index (χ0) is 14.4. The number of carboxylic acids is 1. The van der Waals surface area contributed by atoms with Gasteiger partial charge in [-0.1, -0.05) is 37.6 Å². The molecule has 0 saturated heterocycles. The Balaban J connectivity index is 1.98. The minimum Gasteiger partial charge on any atom is -0.476 e. The Bertz CT molecular complexity index is 563. The standard InChI is InChI=1S/C15H17NO3S/c1-2-3-8-19-9-11-4-6-12(7-5-11)14-16-13(10-20-14)15(17)18/h4-7,10H,2-3,8-9H2,1H3,(H,17,18). The smallest absolute Gasteiger partial charge is 0.355 e. The fourth-order valence-corrected chi connectivity index (χ4v) is 2.48. The fourth-order valence-electron chi connectivity index (χ4n) is 1.68. The molecule has 0 radical (unpaired) electrons. The Labute approximate surface area is 122 Å². The van der Waals surface area contributed by atoms with E-state index in [0.717, 1.165) is 35.6 Å². The molecular formula is C15H17NO3S. The molecule has 4 nitrogen and oxygen atoms in total. The Hall–Kier alpha value is -1.72. The summed E-state index contributed by atoms with van der Waals surface area (Å²) in [5.41, 5.74) is 2.14. The van der Waals surface area contributed by atoms with Crippen molar-refractivity contribution in [2.75, 3.05) is 6.61 Å². The van der Waals surface area contributed by atoms with Gasteiger partial charge < -0.3 is 9.84 Å². The summed E-state index contributed by atoms with van der Waals surface area (Å²) >= 11 is 1.34. The van der Waals surface area contributed by atoms with Gasteiger partial charge in [-0.15, -0.1) is 11.3 Å². The normalized spacial score (nSPS) is 10.7. The van der Waals surface area contributed by atoms with Crippen LogP contribution in [0.25, 0.3) is 10.6 Å². The van der Waals surface area contributed by atoms with Gasteiger partial charge in [0.15, 0.2) is 5.69 Å². The Morgan fingerprint density at radius 1 is 1.35 bits per heavy atom. The molecule has 0 unspecified atom stereocenters. The van der Waals surface area contributed by atoms with E-state index in [-0.39, 0.29) is 5.69 Å². The van der Waals surface area contributed by atoms with Crippen LogP contribution in [0.3, 0.4) is 0 Å². The molecule has 0 atom stereocenters. The molecule has 1 N–H and O–H groups in total. The van der Waals surface area contributed by atoms with Crippen molar-refractivity contribution in [3.8, 4) is 10.6 Å². The molecule has 0 spiro atoms. The van der Waals surface area contributed by atoms with Gasteiger partial charge in [-0.3, -0.25) is 0 Å². The van der Waals surface area contributed by atoms with E-state index in [4.69, 9.17) is 9.84 Å². The molecule has 0 aliphatic rings. The van der Waals surface area contributed by atoms with Crippen LogP contribution in [0, 0.1) is 0 Å². The van der Waals surface area contributed by atoms with Crippen molar-refractivity contribution in [3.63, 3.8) is 0 Å². The Morgan fingerprint density at radius 2 is 2.10 bits per heavy atom. The highest BCUT2D eigenvalue weighted by atomic mass is 32.1. The van der Waals surface area contributed by atoms with E-state index in [9.17, 15) is 4.79 Å². The largest absolute Gasteiger partial charge is 0.476 e. The molecule has 2 rings (SSSR count). The molecule has 106 valence electrons. The van der Waals surface area contributed by atoms with E-state index in [0.29, 0.717) is 6.61 Å². The van der Waals surface area contributed by atoms with Crippen LogP contribution in [0.15, 0.2) is 29.6 Å². The predicted molar refractivity (Wildman–Crippen MR) is 79.1 cm³/mol. The molecule has 0 saturated carbocycles.